The molecule has 0 saturated carbocycles. The summed E-state index contributed by atoms with van der Waals surface area (Å²) in [7, 11) is 0. The van der Waals surface area contributed by atoms with Crippen LogP contribution in [0.2, 0.25) is 0 Å². The molecule has 0 atom stereocenters. The van der Waals surface area contributed by atoms with Gasteiger partial charge >= 0.3 is 0 Å². The smallest absolute Gasteiger partial charge is 0.224 e. The molecular weight excluding hydrogens is 297 g/mol. The van der Waals surface area contributed by atoms with E-state index in [2.05, 4.69) is 5.32 Å². The van der Waals surface area contributed by atoms with Crippen molar-refractivity contribution in [2.75, 3.05) is 19.8 Å². The first-order valence-electron chi connectivity index (χ1n) is 7.54. The van der Waals surface area contributed by atoms with E-state index in [1.807, 2.05) is 31.2 Å². The van der Waals surface area contributed by atoms with Crippen molar-refractivity contribution in [3.63, 3.8) is 0 Å². The van der Waals surface area contributed by atoms with E-state index in [-0.39, 0.29) is 18.1 Å². The summed E-state index contributed by atoms with van der Waals surface area (Å²) in [5.74, 6) is 1.02. The second-order valence-electron chi connectivity index (χ2n) is 4.91. The number of rotatable bonds is 8. The first kappa shape index (κ1) is 16.8. The number of ether oxygens (including phenoxy) is 2. The lowest BCUT2D eigenvalue weighted by Crippen LogP contribution is -2.29. The Morgan fingerprint density at radius 1 is 1.09 bits per heavy atom. The maximum atomic E-state index is 12.8. The molecule has 2 aromatic rings. The third kappa shape index (κ3) is 5.98. The number of carbonyl (C=O) groups is 1. The van der Waals surface area contributed by atoms with Crippen molar-refractivity contribution in [2.45, 2.75) is 13.3 Å². The predicted molar refractivity (Wildman–Crippen MR) is 86.2 cm³/mol. The van der Waals surface area contributed by atoms with Gasteiger partial charge in [0.25, 0.3) is 0 Å². The van der Waals surface area contributed by atoms with E-state index in [4.69, 9.17) is 9.47 Å². The fraction of sp³-hybridized carbons (Fsp3) is 0.278. The van der Waals surface area contributed by atoms with E-state index in [1.54, 1.807) is 12.1 Å². The summed E-state index contributed by atoms with van der Waals surface area (Å²) in [4.78, 5) is 11.8. The molecule has 0 aliphatic carbocycles. The molecule has 2 aromatic carbocycles. The van der Waals surface area contributed by atoms with Gasteiger partial charge in [-0.2, -0.15) is 0 Å². The van der Waals surface area contributed by atoms with E-state index < -0.39 is 0 Å². The third-order valence-corrected chi connectivity index (χ3v) is 3.09. The molecule has 0 fully saturated rings. The quantitative estimate of drug-likeness (QED) is 0.762. The molecule has 4 nitrogen and oxygen atoms in total. The van der Waals surface area contributed by atoms with Crippen molar-refractivity contribution < 1.29 is 18.7 Å². The molecule has 5 heteroatoms. The Labute approximate surface area is 135 Å². The Hall–Kier alpha value is -2.56. The standard InChI is InChI=1S/C18H20FNO3/c1-2-22-16-4-3-5-17(13-16)23-11-10-20-18(21)12-14-6-8-15(19)9-7-14/h3-9,13H,2,10-12H2,1H3,(H,20,21). The van der Waals surface area contributed by atoms with Gasteiger partial charge in [0.05, 0.1) is 19.6 Å². The van der Waals surface area contributed by atoms with Crippen LogP contribution in [0.1, 0.15) is 12.5 Å². The Kier molecular flexibility index (Phi) is 6.41. The number of carbonyl (C=O) groups excluding carboxylic acids is 1. The van der Waals surface area contributed by atoms with E-state index >= 15 is 0 Å². The second kappa shape index (κ2) is 8.78. The number of nitrogens with one attached hydrogen (secondary N) is 1. The molecule has 0 aliphatic rings. The van der Waals surface area contributed by atoms with E-state index in [0.29, 0.717) is 25.5 Å². The summed E-state index contributed by atoms with van der Waals surface area (Å²) < 4.78 is 23.7. The predicted octanol–water partition coefficient (Wildman–Crippen LogP) is 2.96. The van der Waals surface area contributed by atoms with Gasteiger partial charge in [0.2, 0.25) is 5.91 Å². The van der Waals surface area contributed by atoms with Crippen LogP contribution in [0.4, 0.5) is 4.39 Å². The van der Waals surface area contributed by atoms with Gasteiger partial charge in [-0.3, -0.25) is 4.79 Å². The molecule has 0 saturated heterocycles. The zero-order valence-corrected chi connectivity index (χ0v) is 13.0. The molecule has 0 aromatic heterocycles. The molecule has 0 bridgehead atoms. The summed E-state index contributed by atoms with van der Waals surface area (Å²) in [6, 6.07) is 13.3. The minimum Gasteiger partial charge on any atom is -0.494 e. The van der Waals surface area contributed by atoms with Gasteiger partial charge in [-0.15, -0.1) is 0 Å². The molecule has 0 radical (unpaired) electrons. The Bertz CT molecular complexity index is 628. The first-order chi connectivity index (χ1) is 11.2. The summed E-state index contributed by atoms with van der Waals surface area (Å²) in [6.45, 7) is 3.29. The topological polar surface area (TPSA) is 47.6 Å². The van der Waals surface area contributed by atoms with Crippen LogP contribution in [0.5, 0.6) is 11.5 Å². The number of amides is 1. The summed E-state index contributed by atoms with van der Waals surface area (Å²) in [6.07, 6.45) is 0.222. The Morgan fingerprint density at radius 2 is 1.78 bits per heavy atom. The van der Waals surface area contributed by atoms with Crippen molar-refractivity contribution in [1.29, 1.82) is 0 Å². The molecular formula is C18H20FNO3. The van der Waals surface area contributed by atoms with Crippen LogP contribution in [0.15, 0.2) is 48.5 Å². The van der Waals surface area contributed by atoms with Crippen molar-refractivity contribution in [3.05, 3.63) is 59.9 Å². The van der Waals surface area contributed by atoms with E-state index in [0.717, 1.165) is 11.3 Å². The minimum absolute atomic E-state index is 0.122. The van der Waals surface area contributed by atoms with Gasteiger partial charge in [0.15, 0.2) is 0 Å². The molecule has 0 unspecified atom stereocenters. The van der Waals surface area contributed by atoms with Crippen molar-refractivity contribution in [2.24, 2.45) is 0 Å². The number of benzene rings is 2. The first-order valence-corrected chi connectivity index (χ1v) is 7.54. The van der Waals surface area contributed by atoms with E-state index in [9.17, 15) is 9.18 Å². The maximum absolute atomic E-state index is 12.8. The van der Waals surface area contributed by atoms with Crippen LogP contribution in [-0.4, -0.2) is 25.7 Å². The number of halogens is 1. The van der Waals surface area contributed by atoms with Crippen LogP contribution in [-0.2, 0) is 11.2 Å². The average Bonchev–Trinajstić information content (AvgIpc) is 2.55. The Morgan fingerprint density at radius 3 is 2.48 bits per heavy atom. The van der Waals surface area contributed by atoms with E-state index in [1.165, 1.54) is 12.1 Å². The molecule has 1 amide bonds. The highest BCUT2D eigenvalue weighted by molar-refractivity contribution is 5.78. The SMILES string of the molecule is CCOc1cccc(OCCNC(=O)Cc2ccc(F)cc2)c1. The van der Waals surface area contributed by atoms with Gasteiger partial charge in [0, 0.05) is 6.07 Å². The molecule has 1 N–H and O–H groups in total. The Balaban J connectivity index is 1.69. The number of hydrogen-bond acceptors (Lipinski definition) is 3. The monoisotopic (exact) mass is 317 g/mol. The van der Waals surface area contributed by atoms with Crippen LogP contribution in [0.25, 0.3) is 0 Å². The molecule has 0 aliphatic heterocycles. The fourth-order valence-electron chi connectivity index (χ4n) is 2.03. The zero-order valence-electron chi connectivity index (χ0n) is 13.0. The third-order valence-electron chi connectivity index (χ3n) is 3.09. The molecule has 2 rings (SSSR count). The highest BCUT2D eigenvalue weighted by Gasteiger charge is 2.03. The summed E-state index contributed by atoms with van der Waals surface area (Å²) in [5, 5.41) is 2.77. The second-order valence-corrected chi connectivity index (χ2v) is 4.91. The fourth-order valence-corrected chi connectivity index (χ4v) is 2.03. The highest BCUT2D eigenvalue weighted by Crippen LogP contribution is 2.19. The minimum atomic E-state index is -0.308. The number of hydrogen-bond donors (Lipinski definition) is 1. The van der Waals surface area contributed by atoms with Crippen molar-refractivity contribution >= 4 is 5.91 Å². The van der Waals surface area contributed by atoms with Crippen LogP contribution < -0.4 is 14.8 Å². The van der Waals surface area contributed by atoms with Crippen LogP contribution in [0, 0.1) is 5.82 Å². The van der Waals surface area contributed by atoms with Gasteiger partial charge in [-0.25, -0.2) is 4.39 Å². The molecule has 0 spiro atoms. The molecule has 23 heavy (non-hydrogen) atoms. The summed E-state index contributed by atoms with van der Waals surface area (Å²) in [5.41, 5.74) is 0.772. The van der Waals surface area contributed by atoms with Gasteiger partial charge in [-0.05, 0) is 36.8 Å². The lowest BCUT2D eigenvalue weighted by molar-refractivity contribution is -0.120. The van der Waals surface area contributed by atoms with Crippen LogP contribution >= 0.6 is 0 Å². The van der Waals surface area contributed by atoms with Gasteiger partial charge in [-0.1, -0.05) is 18.2 Å². The lowest BCUT2D eigenvalue weighted by atomic mass is 10.1. The largest absolute Gasteiger partial charge is 0.494 e. The zero-order chi connectivity index (χ0) is 16.5. The normalized spacial score (nSPS) is 10.2. The van der Waals surface area contributed by atoms with Crippen LogP contribution in [0.3, 0.4) is 0 Å². The van der Waals surface area contributed by atoms with Gasteiger partial charge in [0.1, 0.15) is 23.9 Å². The maximum Gasteiger partial charge on any atom is 0.224 e. The average molecular weight is 317 g/mol. The summed E-state index contributed by atoms with van der Waals surface area (Å²) >= 11 is 0. The van der Waals surface area contributed by atoms with Crippen molar-refractivity contribution in [3.8, 4) is 11.5 Å². The van der Waals surface area contributed by atoms with Gasteiger partial charge < -0.3 is 14.8 Å². The molecule has 122 valence electrons. The highest BCUT2D eigenvalue weighted by atomic mass is 19.1. The lowest BCUT2D eigenvalue weighted by Gasteiger charge is -2.09. The molecule has 0 heterocycles. The van der Waals surface area contributed by atoms with Crippen molar-refractivity contribution in [1.82, 2.24) is 5.32 Å².